The molecule has 0 fully saturated rings. The number of imide groups is 1. The van der Waals surface area contributed by atoms with Gasteiger partial charge in [0.25, 0.3) is 11.8 Å². The van der Waals surface area contributed by atoms with Gasteiger partial charge in [0.2, 0.25) is 0 Å². The van der Waals surface area contributed by atoms with Gasteiger partial charge in [-0.1, -0.05) is 0 Å². The van der Waals surface area contributed by atoms with E-state index >= 15 is 0 Å². The number of hydrogen-bond acceptors (Lipinski definition) is 3. The van der Waals surface area contributed by atoms with Crippen LogP contribution in [0.15, 0.2) is 6.08 Å². The van der Waals surface area contributed by atoms with Crippen LogP contribution in [-0.4, -0.2) is 24.9 Å². The zero-order valence-corrected chi connectivity index (χ0v) is 9.13. The molecule has 2 atom stereocenters. The number of carbonyl (C=O) groups is 2. The summed E-state index contributed by atoms with van der Waals surface area (Å²) in [5, 5.41) is 2.18. The van der Waals surface area contributed by atoms with E-state index in [0.717, 1.165) is 8.51 Å². The summed E-state index contributed by atoms with van der Waals surface area (Å²) in [6, 6.07) is 0. The van der Waals surface area contributed by atoms with E-state index < -0.39 is 0 Å². The summed E-state index contributed by atoms with van der Waals surface area (Å²) < 4.78 is 8.79. The maximum atomic E-state index is 11.2. The van der Waals surface area contributed by atoms with Crippen LogP contribution < -0.4 is 5.32 Å². The van der Waals surface area contributed by atoms with E-state index in [-0.39, 0.29) is 11.8 Å². The molecule has 1 aromatic rings. The summed E-state index contributed by atoms with van der Waals surface area (Å²) in [7, 11) is 1.41. The molecule has 0 aliphatic carbocycles. The van der Waals surface area contributed by atoms with E-state index in [1.165, 1.54) is 6.08 Å². The van der Waals surface area contributed by atoms with Gasteiger partial charge in [-0.05, 0) is 0 Å². The highest BCUT2D eigenvalue weighted by molar-refractivity contribution is 7.45. The molecule has 1 aromatic heterocycles. The number of H-pyrrole nitrogens is 1. The van der Waals surface area contributed by atoms with E-state index in [0.29, 0.717) is 22.7 Å². The highest BCUT2D eigenvalue weighted by Crippen LogP contribution is 2.20. The highest BCUT2D eigenvalue weighted by Gasteiger charge is 2.21. The highest BCUT2D eigenvalue weighted by atomic mass is 31.1. The zero-order valence-electron chi connectivity index (χ0n) is 6.24. The monoisotopic (exact) mass is 234 g/mol. The number of carbonyl (C=O) groups excluding carboxylic acids is 2. The van der Waals surface area contributed by atoms with Gasteiger partial charge < -0.3 is 4.51 Å². The average molecular weight is 234 g/mol. The maximum Gasteiger partial charge on any atom is 0.275 e. The van der Waals surface area contributed by atoms with E-state index in [2.05, 4.69) is 14.3 Å². The fourth-order valence-corrected chi connectivity index (χ4v) is 4.23. The van der Waals surface area contributed by atoms with Crippen molar-refractivity contribution in [3.05, 3.63) is 6.08 Å². The Bertz CT molecular complexity index is 405. The number of rotatable bonds is 1. The Balaban J connectivity index is 2.43. The van der Waals surface area contributed by atoms with Crippen molar-refractivity contribution in [3.8, 4) is 0 Å². The molecule has 13 heavy (non-hydrogen) atoms. The first-order valence-corrected chi connectivity index (χ1v) is 6.00. The fourth-order valence-electron chi connectivity index (χ4n) is 0.860. The fraction of sp³-hybridized carbons (Fsp3) is 0. The van der Waals surface area contributed by atoms with Crippen molar-refractivity contribution in [2.75, 3.05) is 0 Å². The first-order valence-electron chi connectivity index (χ1n) is 3.31. The Morgan fingerprint density at radius 3 is 2.92 bits per heavy atom. The molecule has 0 aromatic carbocycles. The molecule has 2 heterocycles. The minimum Gasteiger partial charge on any atom is -0.312 e. The summed E-state index contributed by atoms with van der Waals surface area (Å²) in [5.41, 5.74) is 0.394. The predicted octanol–water partition coefficient (Wildman–Crippen LogP) is 0.476. The third-order valence-corrected chi connectivity index (χ3v) is 4.43. The van der Waals surface area contributed by atoms with Gasteiger partial charge in [0.1, 0.15) is 14.2 Å². The van der Waals surface area contributed by atoms with Crippen LogP contribution in [0.4, 0.5) is 0 Å². The molecule has 9 heteroatoms. The summed E-state index contributed by atoms with van der Waals surface area (Å²) >= 11 is 0. The number of amides is 2. The van der Waals surface area contributed by atoms with Crippen molar-refractivity contribution in [1.29, 1.82) is 0 Å². The maximum absolute atomic E-state index is 11.2. The lowest BCUT2D eigenvalue weighted by Gasteiger charge is -2.00. The first kappa shape index (κ1) is 8.76. The Labute approximate surface area is 77.8 Å². The van der Waals surface area contributed by atoms with Crippen LogP contribution in [0.3, 0.4) is 0 Å². The van der Waals surface area contributed by atoms with Gasteiger partial charge in [-0.15, -0.1) is 0 Å². The standard InChI is InChI=1S/C4H5N4O2P3/c9-3-1-2(4(10)5-3)8-12-6-11-7-13-8/h1,6,11-12H,(H,5,9,10). The van der Waals surface area contributed by atoms with Crippen LogP contribution in [0.1, 0.15) is 0 Å². The largest absolute Gasteiger partial charge is 0.312 e. The van der Waals surface area contributed by atoms with Gasteiger partial charge in [-0.3, -0.25) is 14.9 Å². The van der Waals surface area contributed by atoms with E-state index in [9.17, 15) is 9.59 Å². The second kappa shape index (κ2) is 3.51. The Morgan fingerprint density at radius 2 is 2.38 bits per heavy atom. The quantitative estimate of drug-likeness (QED) is 0.693. The Kier molecular flexibility index (Phi) is 2.36. The summed E-state index contributed by atoms with van der Waals surface area (Å²) in [6.07, 6.45) is 1.30. The molecule has 0 spiro atoms. The van der Waals surface area contributed by atoms with E-state index in [1.54, 1.807) is 4.09 Å². The minimum absolute atomic E-state index is 0.311. The van der Waals surface area contributed by atoms with Crippen LogP contribution in [-0.2, 0) is 9.59 Å². The van der Waals surface area contributed by atoms with Crippen molar-refractivity contribution >= 4 is 43.0 Å². The zero-order chi connectivity index (χ0) is 9.26. The van der Waals surface area contributed by atoms with Gasteiger partial charge >= 0.3 is 0 Å². The van der Waals surface area contributed by atoms with Crippen molar-refractivity contribution in [3.63, 3.8) is 0 Å². The lowest BCUT2D eigenvalue weighted by Crippen LogP contribution is -2.22. The number of nitrogens with zero attached hydrogens (tertiary/aromatic N) is 2. The second-order valence-corrected chi connectivity index (χ2v) is 5.85. The van der Waals surface area contributed by atoms with Crippen LogP contribution >= 0.6 is 25.5 Å². The SMILES string of the molecule is O=C1C=C(n2pn[pH][nH][pH]2)C(=O)N1. The molecular formula is C4H5N4O2P3. The van der Waals surface area contributed by atoms with Gasteiger partial charge in [0, 0.05) is 23.1 Å². The molecule has 0 bridgehead atoms. The number of hydrogen-bond donors (Lipinski definition) is 2. The topological polar surface area (TPSA) is 79.8 Å². The molecule has 0 radical (unpaired) electrons. The lowest BCUT2D eigenvalue weighted by atomic mass is 10.5. The molecule has 1 aliphatic heterocycles. The van der Waals surface area contributed by atoms with Crippen molar-refractivity contribution in [2.45, 2.75) is 0 Å². The van der Waals surface area contributed by atoms with Gasteiger partial charge in [-0.25, -0.2) is 4.09 Å². The molecule has 1 aliphatic rings. The molecular weight excluding hydrogens is 229 g/mol. The smallest absolute Gasteiger partial charge is 0.275 e. The summed E-state index contributed by atoms with van der Waals surface area (Å²) in [5.74, 6) is -0.694. The molecule has 2 amide bonds. The lowest BCUT2D eigenvalue weighted by molar-refractivity contribution is -0.123. The number of aromatic nitrogens is 3. The molecule has 2 N–H and O–H groups in total. The Morgan fingerprint density at radius 1 is 1.54 bits per heavy atom. The van der Waals surface area contributed by atoms with Crippen LogP contribution in [0.25, 0.3) is 5.70 Å². The van der Waals surface area contributed by atoms with Gasteiger partial charge in [0.05, 0.1) is 0 Å². The molecule has 6 nitrogen and oxygen atoms in total. The van der Waals surface area contributed by atoms with Gasteiger partial charge in [-0.2, -0.15) is 4.51 Å². The number of aromatic amines is 1. The predicted molar refractivity (Wildman–Crippen MR) is 53.1 cm³/mol. The number of nitrogens with one attached hydrogen (secondary N) is 2. The van der Waals surface area contributed by atoms with Gasteiger partial charge in [0.15, 0.2) is 0 Å². The Hall–Kier alpha value is -0.820. The van der Waals surface area contributed by atoms with Crippen LogP contribution in [0, 0.1) is 0 Å². The molecule has 0 saturated carbocycles. The van der Waals surface area contributed by atoms with Crippen LogP contribution in [0.5, 0.6) is 0 Å². The molecule has 2 rings (SSSR count). The second-order valence-electron chi connectivity index (χ2n) is 2.20. The first-order chi connectivity index (χ1) is 6.27. The summed E-state index contributed by atoms with van der Waals surface area (Å²) in [4.78, 5) is 22.0. The van der Waals surface area contributed by atoms with Crippen LogP contribution in [0.2, 0.25) is 0 Å². The summed E-state index contributed by atoms with van der Waals surface area (Å²) in [6.45, 7) is 0. The third kappa shape index (κ3) is 1.75. The average Bonchev–Trinajstić information content (AvgIpc) is 2.47. The minimum atomic E-state index is -0.354. The van der Waals surface area contributed by atoms with E-state index in [4.69, 9.17) is 0 Å². The third-order valence-electron chi connectivity index (χ3n) is 1.37. The van der Waals surface area contributed by atoms with Crippen molar-refractivity contribution < 1.29 is 9.59 Å². The van der Waals surface area contributed by atoms with E-state index in [1.807, 2.05) is 0 Å². The molecule has 68 valence electrons. The molecule has 2 unspecified atom stereocenters. The van der Waals surface area contributed by atoms with Crippen molar-refractivity contribution in [1.82, 2.24) is 18.4 Å². The normalized spacial score (nSPS) is 17.4. The molecule has 0 saturated heterocycles. The van der Waals surface area contributed by atoms with Crippen molar-refractivity contribution in [2.24, 2.45) is 0 Å².